The van der Waals surface area contributed by atoms with E-state index in [2.05, 4.69) is 11.4 Å². The second-order valence-electron chi connectivity index (χ2n) is 6.11. The van der Waals surface area contributed by atoms with Gasteiger partial charge < -0.3 is 10.1 Å². The quantitative estimate of drug-likeness (QED) is 0.763. The van der Waals surface area contributed by atoms with Crippen LogP contribution < -0.4 is 10.1 Å². The normalized spacial score (nSPS) is 16.5. The summed E-state index contributed by atoms with van der Waals surface area (Å²) in [7, 11) is 1.66. The molecule has 2 heterocycles. The van der Waals surface area contributed by atoms with Crippen LogP contribution in [0.4, 0.5) is 5.82 Å². The largest absolute Gasteiger partial charge is 0.497 e. The molecule has 1 amide bonds. The number of thioether (sulfide) groups is 1. The van der Waals surface area contributed by atoms with Crippen LogP contribution in [-0.4, -0.2) is 28.6 Å². The third kappa shape index (κ3) is 2.97. The van der Waals surface area contributed by atoms with Gasteiger partial charge in [0.05, 0.1) is 29.5 Å². The zero-order chi connectivity index (χ0) is 18.1. The van der Waals surface area contributed by atoms with Crippen molar-refractivity contribution in [2.75, 3.05) is 18.2 Å². The first kappa shape index (κ1) is 16.7. The number of amides is 1. The maximum absolute atomic E-state index is 12.3. The lowest BCUT2D eigenvalue weighted by atomic mass is 10.0. The summed E-state index contributed by atoms with van der Waals surface area (Å²) in [6.45, 7) is 1.99. The van der Waals surface area contributed by atoms with E-state index in [1.54, 1.807) is 18.9 Å². The fraction of sp³-hybridized carbons (Fsp3) is 0.200. The molecule has 0 radical (unpaired) electrons. The molecule has 1 aliphatic rings. The molecule has 1 atom stereocenters. The van der Waals surface area contributed by atoms with Gasteiger partial charge in [-0.15, -0.1) is 11.8 Å². The summed E-state index contributed by atoms with van der Waals surface area (Å²) in [4.78, 5) is 12.3. The van der Waals surface area contributed by atoms with E-state index in [0.29, 0.717) is 5.75 Å². The van der Waals surface area contributed by atoms with Gasteiger partial charge in [0.15, 0.2) is 0 Å². The molecule has 0 aliphatic carbocycles. The van der Waals surface area contributed by atoms with Crippen LogP contribution >= 0.6 is 11.8 Å². The number of benzene rings is 2. The maximum atomic E-state index is 12.3. The van der Waals surface area contributed by atoms with E-state index in [9.17, 15) is 4.79 Å². The predicted molar refractivity (Wildman–Crippen MR) is 104 cm³/mol. The Morgan fingerprint density at radius 1 is 1.19 bits per heavy atom. The molecule has 6 heteroatoms. The van der Waals surface area contributed by atoms with E-state index < -0.39 is 0 Å². The molecule has 5 nitrogen and oxygen atoms in total. The highest BCUT2D eigenvalue weighted by molar-refractivity contribution is 8.00. The Labute approximate surface area is 156 Å². The van der Waals surface area contributed by atoms with Gasteiger partial charge in [-0.25, -0.2) is 4.68 Å². The zero-order valence-corrected chi connectivity index (χ0v) is 15.4. The van der Waals surface area contributed by atoms with Crippen LogP contribution in [0.5, 0.6) is 5.75 Å². The highest BCUT2D eigenvalue weighted by Crippen LogP contribution is 2.44. The molecule has 1 unspecified atom stereocenters. The van der Waals surface area contributed by atoms with Gasteiger partial charge in [-0.05, 0) is 36.8 Å². The number of para-hydroxylation sites is 1. The number of nitrogens with one attached hydrogen (secondary N) is 1. The average molecular weight is 365 g/mol. The van der Waals surface area contributed by atoms with Crippen LogP contribution in [0.3, 0.4) is 0 Å². The molecular formula is C20H19N3O2S. The highest BCUT2D eigenvalue weighted by Gasteiger charge is 2.30. The van der Waals surface area contributed by atoms with E-state index >= 15 is 0 Å². The number of fused-ring (bicyclic) bond motifs is 1. The summed E-state index contributed by atoms with van der Waals surface area (Å²) >= 11 is 1.61. The third-order valence-corrected chi connectivity index (χ3v) is 5.68. The summed E-state index contributed by atoms with van der Waals surface area (Å²) in [5.74, 6) is 1.93. The molecule has 4 rings (SSSR count). The van der Waals surface area contributed by atoms with Crippen LogP contribution in [0, 0.1) is 6.92 Å². The monoisotopic (exact) mass is 365 g/mol. The summed E-state index contributed by atoms with van der Waals surface area (Å²) in [5, 5.41) is 7.77. The fourth-order valence-electron chi connectivity index (χ4n) is 3.21. The maximum Gasteiger partial charge on any atom is 0.235 e. The molecule has 26 heavy (non-hydrogen) atoms. The van der Waals surface area contributed by atoms with Crippen molar-refractivity contribution >= 4 is 23.5 Å². The van der Waals surface area contributed by atoms with Gasteiger partial charge in [0.25, 0.3) is 0 Å². The molecule has 0 bridgehead atoms. The molecule has 0 fully saturated rings. The number of carbonyl (C=O) groups excluding carboxylic acids is 1. The minimum atomic E-state index is -0.0151. The van der Waals surface area contributed by atoms with Gasteiger partial charge in [-0.2, -0.15) is 5.10 Å². The third-order valence-electron chi connectivity index (χ3n) is 4.41. The van der Waals surface area contributed by atoms with Gasteiger partial charge in [0.2, 0.25) is 5.91 Å². The minimum absolute atomic E-state index is 0.0107. The number of aryl methyl sites for hydroxylation is 1. The van der Waals surface area contributed by atoms with E-state index in [1.807, 2.05) is 60.1 Å². The van der Waals surface area contributed by atoms with Crippen LogP contribution in [0.25, 0.3) is 5.69 Å². The second kappa shape index (κ2) is 6.88. The Bertz CT molecular complexity index is 953. The van der Waals surface area contributed by atoms with Crippen LogP contribution in [0.1, 0.15) is 22.1 Å². The zero-order valence-electron chi connectivity index (χ0n) is 14.6. The Balaban J connectivity index is 1.88. The summed E-state index contributed by atoms with van der Waals surface area (Å²) < 4.78 is 7.20. The lowest BCUT2D eigenvalue weighted by Gasteiger charge is -2.16. The van der Waals surface area contributed by atoms with Crippen molar-refractivity contribution < 1.29 is 9.53 Å². The lowest BCUT2D eigenvalue weighted by molar-refractivity contribution is -0.113. The van der Waals surface area contributed by atoms with E-state index in [0.717, 1.165) is 34.1 Å². The average Bonchev–Trinajstić information content (AvgIpc) is 2.88. The van der Waals surface area contributed by atoms with Gasteiger partial charge in [-0.1, -0.05) is 30.3 Å². The van der Waals surface area contributed by atoms with E-state index in [1.165, 1.54) is 0 Å². The minimum Gasteiger partial charge on any atom is -0.497 e. The Morgan fingerprint density at radius 3 is 2.77 bits per heavy atom. The molecule has 0 spiro atoms. The second-order valence-corrected chi connectivity index (χ2v) is 7.20. The number of methoxy groups -OCH3 is 1. The summed E-state index contributed by atoms with van der Waals surface area (Å²) in [6.07, 6.45) is 0. The van der Waals surface area contributed by atoms with Crippen LogP contribution in [0.2, 0.25) is 0 Å². The van der Waals surface area contributed by atoms with Crippen molar-refractivity contribution in [2.24, 2.45) is 0 Å². The molecule has 1 N–H and O–H groups in total. The molecule has 2 aromatic carbocycles. The van der Waals surface area contributed by atoms with E-state index in [-0.39, 0.29) is 11.2 Å². The molecule has 0 saturated carbocycles. The molecular weight excluding hydrogens is 346 g/mol. The van der Waals surface area contributed by atoms with Crippen LogP contribution in [0.15, 0.2) is 54.6 Å². The van der Waals surface area contributed by atoms with Crippen molar-refractivity contribution in [3.05, 3.63) is 71.4 Å². The smallest absolute Gasteiger partial charge is 0.235 e. The first-order chi connectivity index (χ1) is 12.7. The van der Waals surface area contributed by atoms with E-state index in [4.69, 9.17) is 9.84 Å². The van der Waals surface area contributed by atoms with Crippen molar-refractivity contribution in [1.82, 2.24) is 9.78 Å². The van der Waals surface area contributed by atoms with Crippen molar-refractivity contribution in [3.8, 4) is 11.4 Å². The SMILES string of the molecule is COc1cccc(C2SCC(=O)Nc3c2c(C)nn3-c2ccccc2)c1. The number of anilines is 1. The van der Waals surface area contributed by atoms with Gasteiger partial charge in [0, 0.05) is 5.56 Å². The van der Waals surface area contributed by atoms with Gasteiger partial charge in [0.1, 0.15) is 11.6 Å². The number of hydrogen-bond acceptors (Lipinski definition) is 4. The number of rotatable bonds is 3. The highest BCUT2D eigenvalue weighted by atomic mass is 32.2. The Kier molecular flexibility index (Phi) is 4.42. The number of hydrogen-bond donors (Lipinski definition) is 1. The molecule has 132 valence electrons. The number of aromatic nitrogens is 2. The lowest BCUT2D eigenvalue weighted by Crippen LogP contribution is -2.15. The van der Waals surface area contributed by atoms with Crippen molar-refractivity contribution in [1.29, 1.82) is 0 Å². The predicted octanol–water partition coefficient (Wildman–Crippen LogP) is 3.96. The van der Waals surface area contributed by atoms with Gasteiger partial charge >= 0.3 is 0 Å². The Morgan fingerprint density at radius 2 is 2.00 bits per heavy atom. The first-order valence-corrected chi connectivity index (χ1v) is 9.42. The standard InChI is InChI=1S/C20H19N3O2S/c1-13-18-19(14-7-6-10-16(11-14)25-2)26-12-17(24)21-20(18)23(22-13)15-8-4-3-5-9-15/h3-11,19H,12H2,1-2H3,(H,21,24). The molecule has 3 aromatic rings. The summed E-state index contributed by atoms with van der Waals surface area (Å²) in [5.41, 5.74) is 3.97. The number of carbonyl (C=O) groups is 1. The van der Waals surface area contributed by atoms with Gasteiger partial charge in [-0.3, -0.25) is 4.79 Å². The van der Waals surface area contributed by atoms with Crippen LogP contribution in [-0.2, 0) is 4.79 Å². The molecule has 0 saturated heterocycles. The molecule has 1 aliphatic heterocycles. The van der Waals surface area contributed by atoms with Crippen molar-refractivity contribution in [2.45, 2.75) is 12.2 Å². The van der Waals surface area contributed by atoms with Crippen molar-refractivity contribution in [3.63, 3.8) is 0 Å². The first-order valence-electron chi connectivity index (χ1n) is 8.37. The topological polar surface area (TPSA) is 56.1 Å². The number of nitrogens with zero attached hydrogens (tertiary/aromatic N) is 2. The summed E-state index contributed by atoms with van der Waals surface area (Å²) in [6, 6.07) is 17.9. The number of ether oxygens (including phenoxy) is 1. The fourth-order valence-corrected chi connectivity index (χ4v) is 4.39. The molecule has 1 aromatic heterocycles. The Hall–Kier alpha value is -2.73.